The van der Waals surface area contributed by atoms with E-state index in [-0.39, 0.29) is 11.6 Å². The molecule has 4 rings (SSSR count). The van der Waals surface area contributed by atoms with Gasteiger partial charge < -0.3 is 10.6 Å². The molecule has 0 aromatic heterocycles. The summed E-state index contributed by atoms with van der Waals surface area (Å²) in [5, 5.41) is 0. The fraction of sp³-hybridized carbons (Fsp3) is 0.400. The Kier molecular flexibility index (Phi) is 3.80. The van der Waals surface area contributed by atoms with E-state index in [1.807, 2.05) is 12.1 Å². The highest BCUT2D eigenvalue weighted by atomic mass is 19.4. The molecule has 5 heteroatoms. The highest BCUT2D eigenvalue weighted by Gasteiger charge is 2.39. The maximum atomic E-state index is 13.2. The van der Waals surface area contributed by atoms with E-state index in [0.717, 1.165) is 30.5 Å². The number of hydrogen-bond acceptors (Lipinski definition) is 2. The lowest BCUT2D eigenvalue weighted by atomic mass is 9.74. The van der Waals surface area contributed by atoms with Gasteiger partial charge in [-0.25, -0.2) is 0 Å². The SMILES string of the molecule is CN1CCc2ccccc2C2c3cc(N)c(C(F)(F)F)cc3CCC21. The summed E-state index contributed by atoms with van der Waals surface area (Å²) in [6.07, 6.45) is -1.92. The molecule has 2 aromatic carbocycles. The molecule has 2 atom stereocenters. The third-order valence-corrected chi connectivity index (χ3v) is 5.74. The second-order valence-corrected chi connectivity index (χ2v) is 7.15. The van der Waals surface area contributed by atoms with Crippen molar-refractivity contribution < 1.29 is 13.2 Å². The van der Waals surface area contributed by atoms with Gasteiger partial charge in [-0.15, -0.1) is 0 Å². The fourth-order valence-corrected chi connectivity index (χ4v) is 4.49. The van der Waals surface area contributed by atoms with Gasteiger partial charge in [-0.05, 0) is 60.7 Å². The van der Waals surface area contributed by atoms with Crippen molar-refractivity contribution in [3.8, 4) is 0 Å². The summed E-state index contributed by atoms with van der Waals surface area (Å²) >= 11 is 0. The number of nitrogen functional groups attached to an aromatic ring is 1. The quantitative estimate of drug-likeness (QED) is 0.724. The average Bonchev–Trinajstić information content (AvgIpc) is 2.71. The highest BCUT2D eigenvalue weighted by molar-refractivity contribution is 5.58. The summed E-state index contributed by atoms with van der Waals surface area (Å²) in [6.45, 7) is 0.962. The molecule has 0 amide bonds. The molecule has 0 radical (unpaired) electrons. The third-order valence-electron chi connectivity index (χ3n) is 5.74. The number of aryl methyl sites for hydroxylation is 1. The molecule has 25 heavy (non-hydrogen) atoms. The second kappa shape index (κ2) is 5.77. The summed E-state index contributed by atoms with van der Waals surface area (Å²) < 4.78 is 39.7. The van der Waals surface area contributed by atoms with Crippen molar-refractivity contribution in [3.05, 3.63) is 64.2 Å². The molecule has 2 N–H and O–H groups in total. The van der Waals surface area contributed by atoms with Gasteiger partial charge in [0.1, 0.15) is 0 Å². The van der Waals surface area contributed by atoms with Gasteiger partial charge in [0.2, 0.25) is 0 Å². The molecule has 2 aliphatic rings. The molecule has 0 saturated heterocycles. The normalized spacial score (nSPS) is 23.4. The maximum Gasteiger partial charge on any atom is 0.418 e. The lowest BCUT2D eigenvalue weighted by molar-refractivity contribution is -0.137. The van der Waals surface area contributed by atoms with Crippen LogP contribution in [0.3, 0.4) is 0 Å². The number of halogens is 3. The summed E-state index contributed by atoms with van der Waals surface area (Å²) in [5.41, 5.74) is 9.20. The number of anilines is 1. The first-order chi connectivity index (χ1) is 11.9. The monoisotopic (exact) mass is 346 g/mol. The Balaban J connectivity index is 1.91. The molecule has 0 fully saturated rings. The Morgan fingerprint density at radius 3 is 2.56 bits per heavy atom. The van der Waals surface area contributed by atoms with Crippen LogP contribution in [0.2, 0.25) is 0 Å². The standard InChI is InChI=1S/C20H21F3N2/c1-25-9-8-12-4-2-3-5-14(12)19-15-11-17(24)16(20(21,22)23)10-13(15)6-7-18(19)25/h2-5,10-11,18-19H,6-9,24H2,1H3. The van der Waals surface area contributed by atoms with E-state index in [0.29, 0.717) is 12.5 Å². The van der Waals surface area contributed by atoms with Gasteiger partial charge >= 0.3 is 6.18 Å². The van der Waals surface area contributed by atoms with Crippen LogP contribution in [0.4, 0.5) is 18.9 Å². The fourth-order valence-electron chi connectivity index (χ4n) is 4.49. The van der Waals surface area contributed by atoms with Gasteiger partial charge in [0, 0.05) is 24.2 Å². The summed E-state index contributed by atoms with van der Waals surface area (Å²) in [7, 11) is 2.11. The van der Waals surface area contributed by atoms with Crippen LogP contribution in [-0.2, 0) is 19.0 Å². The van der Waals surface area contributed by atoms with Crippen LogP contribution in [0, 0.1) is 0 Å². The Hall–Kier alpha value is -2.01. The number of fused-ring (bicyclic) bond motifs is 5. The highest BCUT2D eigenvalue weighted by Crippen LogP contribution is 2.45. The molecule has 1 aliphatic heterocycles. The molecular formula is C20H21F3N2. The minimum Gasteiger partial charge on any atom is -0.398 e. The van der Waals surface area contributed by atoms with E-state index in [1.165, 1.54) is 17.2 Å². The van der Waals surface area contributed by atoms with Gasteiger partial charge in [-0.1, -0.05) is 24.3 Å². The Labute approximate surface area is 145 Å². The molecule has 132 valence electrons. The minimum absolute atomic E-state index is 0.0806. The van der Waals surface area contributed by atoms with Gasteiger partial charge in [-0.3, -0.25) is 0 Å². The molecule has 2 nitrogen and oxygen atoms in total. The summed E-state index contributed by atoms with van der Waals surface area (Å²) in [6, 6.07) is 11.4. The number of rotatable bonds is 0. The van der Waals surface area contributed by atoms with E-state index in [9.17, 15) is 13.2 Å². The maximum absolute atomic E-state index is 13.2. The second-order valence-electron chi connectivity index (χ2n) is 7.15. The molecule has 1 heterocycles. The molecule has 1 aliphatic carbocycles. The number of nitrogens with zero attached hydrogens (tertiary/aromatic N) is 1. The predicted octanol–water partition coefficient (Wildman–Crippen LogP) is 4.22. The van der Waals surface area contributed by atoms with Crippen LogP contribution in [0.1, 0.15) is 40.2 Å². The topological polar surface area (TPSA) is 29.3 Å². The Morgan fingerprint density at radius 1 is 1.04 bits per heavy atom. The van der Waals surface area contributed by atoms with Crippen molar-refractivity contribution in [1.82, 2.24) is 4.90 Å². The number of alkyl halides is 3. The largest absolute Gasteiger partial charge is 0.418 e. The molecule has 2 aromatic rings. The zero-order valence-corrected chi connectivity index (χ0v) is 14.1. The number of likely N-dealkylation sites (N-methyl/N-ethyl adjacent to an activating group) is 1. The van der Waals surface area contributed by atoms with E-state index in [4.69, 9.17) is 5.73 Å². The van der Waals surface area contributed by atoms with Crippen molar-refractivity contribution in [3.63, 3.8) is 0 Å². The van der Waals surface area contributed by atoms with Gasteiger partial charge in [0.25, 0.3) is 0 Å². The van der Waals surface area contributed by atoms with Crippen molar-refractivity contribution >= 4 is 5.69 Å². The van der Waals surface area contributed by atoms with Crippen LogP contribution in [0.25, 0.3) is 0 Å². The zero-order chi connectivity index (χ0) is 17.8. The molecule has 2 unspecified atom stereocenters. The average molecular weight is 346 g/mol. The first-order valence-corrected chi connectivity index (χ1v) is 8.64. The van der Waals surface area contributed by atoms with E-state index < -0.39 is 11.7 Å². The van der Waals surface area contributed by atoms with E-state index in [1.54, 1.807) is 6.07 Å². The van der Waals surface area contributed by atoms with Crippen molar-refractivity contribution in [2.24, 2.45) is 0 Å². The number of benzene rings is 2. The molecule has 0 spiro atoms. The van der Waals surface area contributed by atoms with Gasteiger partial charge in [0.05, 0.1) is 5.56 Å². The smallest absolute Gasteiger partial charge is 0.398 e. The lowest BCUT2D eigenvalue weighted by Crippen LogP contribution is -2.39. The van der Waals surface area contributed by atoms with Crippen molar-refractivity contribution in [2.45, 2.75) is 37.4 Å². The summed E-state index contributed by atoms with van der Waals surface area (Å²) in [4.78, 5) is 2.35. The van der Waals surface area contributed by atoms with Crippen molar-refractivity contribution in [2.75, 3.05) is 19.3 Å². The molecule has 0 saturated carbocycles. The minimum atomic E-state index is -4.41. The van der Waals surface area contributed by atoms with E-state index >= 15 is 0 Å². The zero-order valence-electron chi connectivity index (χ0n) is 14.1. The van der Waals surface area contributed by atoms with E-state index in [2.05, 4.69) is 24.1 Å². The van der Waals surface area contributed by atoms with Crippen LogP contribution >= 0.6 is 0 Å². The van der Waals surface area contributed by atoms with Crippen LogP contribution in [0.5, 0.6) is 0 Å². The number of nitrogens with two attached hydrogens (primary N) is 1. The van der Waals surface area contributed by atoms with Crippen LogP contribution in [-0.4, -0.2) is 24.5 Å². The Bertz CT molecular complexity index is 813. The van der Waals surface area contributed by atoms with Gasteiger partial charge in [0.15, 0.2) is 0 Å². The molecular weight excluding hydrogens is 325 g/mol. The Morgan fingerprint density at radius 2 is 1.80 bits per heavy atom. The third kappa shape index (κ3) is 2.71. The lowest BCUT2D eigenvalue weighted by Gasteiger charge is -2.38. The van der Waals surface area contributed by atoms with Crippen LogP contribution in [0.15, 0.2) is 36.4 Å². The van der Waals surface area contributed by atoms with Gasteiger partial charge in [-0.2, -0.15) is 13.2 Å². The number of hydrogen-bond donors (Lipinski definition) is 1. The predicted molar refractivity (Wildman–Crippen MR) is 92.6 cm³/mol. The summed E-state index contributed by atoms with van der Waals surface area (Å²) in [5.74, 6) is 0.0806. The first kappa shape index (κ1) is 16.5. The van der Waals surface area contributed by atoms with Crippen LogP contribution < -0.4 is 5.73 Å². The first-order valence-electron chi connectivity index (χ1n) is 8.64. The van der Waals surface area contributed by atoms with Crippen molar-refractivity contribution in [1.29, 1.82) is 0 Å². The molecule has 0 bridgehead atoms.